The van der Waals surface area contributed by atoms with Gasteiger partial charge in [0.05, 0.1) is 0 Å². The summed E-state index contributed by atoms with van der Waals surface area (Å²) in [5.74, 6) is 0.598. The van der Waals surface area contributed by atoms with E-state index >= 15 is 0 Å². The van der Waals surface area contributed by atoms with Crippen molar-refractivity contribution in [3.63, 3.8) is 0 Å². The average Bonchev–Trinajstić information content (AvgIpc) is 2.38. The van der Waals surface area contributed by atoms with Crippen LogP contribution >= 0.6 is 15.9 Å². The summed E-state index contributed by atoms with van der Waals surface area (Å²) in [5, 5.41) is 3.18. The predicted octanol–water partition coefficient (Wildman–Crippen LogP) is 3.73. The van der Waals surface area contributed by atoms with Gasteiger partial charge in [-0.1, -0.05) is 42.1 Å². The highest BCUT2D eigenvalue weighted by Crippen LogP contribution is 2.27. The van der Waals surface area contributed by atoms with E-state index in [1.54, 1.807) is 12.1 Å². The summed E-state index contributed by atoms with van der Waals surface area (Å²) in [5.41, 5.74) is 7.01. The first-order valence-electron chi connectivity index (χ1n) is 6.97. The Kier molecular flexibility index (Phi) is 4.86. The van der Waals surface area contributed by atoms with Gasteiger partial charge in [-0.3, -0.25) is 4.79 Å². The second kappa shape index (κ2) is 6.42. The zero-order valence-electron chi connectivity index (χ0n) is 11.3. The molecule has 4 heteroatoms. The van der Waals surface area contributed by atoms with E-state index in [0.717, 1.165) is 17.3 Å². The topological polar surface area (TPSA) is 55.1 Å². The maximum Gasteiger partial charge on any atom is 0.251 e. The van der Waals surface area contributed by atoms with Crippen LogP contribution < -0.4 is 11.1 Å². The Labute approximate surface area is 123 Å². The Morgan fingerprint density at radius 2 is 2.11 bits per heavy atom. The Morgan fingerprint density at radius 3 is 2.79 bits per heavy atom. The molecule has 1 fully saturated rings. The third-order valence-electron chi connectivity index (χ3n) is 3.93. The van der Waals surface area contributed by atoms with Crippen molar-refractivity contribution in [2.24, 2.45) is 5.92 Å². The van der Waals surface area contributed by atoms with Crippen molar-refractivity contribution in [3.8, 4) is 0 Å². The molecule has 3 nitrogen and oxygen atoms in total. The van der Waals surface area contributed by atoms with E-state index in [1.807, 2.05) is 6.07 Å². The fraction of sp³-hybridized carbons (Fsp3) is 0.533. The second-order valence-corrected chi connectivity index (χ2v) is 6.22. The van der Waals surface area contributed by atoms with Gasteiger partial charge in [0.2, 0.25) is 0 Å². The number of nitrogens with two attached hydrogens (primary N) is 1. The molecule has 1 amide bonds. The molecule has 2 atom stereocenters. The number of carbonyl (C=O) groups excluding carboxylic acids is 1. The number of hydrogen-bond acceptors (Lipinski definition) is 2. The fourth-order valence-electron chi connectivity index (χ4n) is 2.88. The number of hydrogen-bond donors (Lipinski definition) is 2. The van der Waals surface area contributed by atoms with Crippen LogP contribution in [-0.2, 0) is 0 Å². The molecule has 2 unspecified atom stereocenters. The zero-order valence-corrected chi connectivity index (χ0v) is 12.9. The van der Waals surface area contributed by atoms with Gasteiger partial charge in [0.25, 0.3) is 5.91 Å². The summed E-state index contributed by atoms with van der Waals surface area (Å²) in [4.78, 5) is 12.3. The summed E-state index contributed by atoms with van der Waals surface area (Å²) in [6.07, 6.45) is 5.94. The molecule has 2 rings (SSSR count). The lowest BCUT2D eigenvalue weighted by Gasteiger charge is -2.31. The number of amides is 1. The lowest BCUT2D eigenvalue weighted by atomic mass is 9.83. The van der Waals surface area contributed by atoms with E-state index in [-0.39, 0.29) is 5.91 Å². The van der Waals surface area contributed by atoms with Crippen molar-refractivity contribution in [1.82, 2.24) is 5.32 Å². The molecule has 0 aromatic heterocycles. The van der Waals surface area contributed by atoms with Crippen LogP contribution in [0.2, 0.25) is 0 Å². The maximum absolute atomic E-state index is 12.3. The van der Waals surface area contributed by atoms with Crippen molar-refractivity contribution in [3.05, 3.63) is 28.2 Å². The van der Waals surface area contributed by atoms with Crippen LogP contribution in [0, 0.1) is 5.92 Å². The van der Waals surface area contributed by atoms with E-state index in [0.29, 0.717) is 23.2 Å². The van der Waals surface area contributed by atoms with Gasteiger partial charge in [-0.25, -0.2) is 0 Å². The normalized spacial score (nSPS) is 23.1. The lowest BCUT2D eigenvalue weighted by molar-refractivity contribution is 0.0904. The molecule has 19 heavy (non-hydrogen) atoms. The van der Waals surface area contributed by atoms with Crippen LogP contribution in [0.15, 0.2) is 22.7 Å². The smallest absolute Gasteiger partial charge is 0.251 e. The number of halogens is 1. The van der Waals surface area contributed by atoms with Gasteiger partial charge in [0.15, 0.2) is 0 Å². The summed E-state index contributed by atoms with van der Waals surface area (Å²) in [6, 6.07) is 5.65. The number of nitrogen functional groups attached to an aromatic ring is 1. The molecule has 1 aromatic carbocycles. The molecular weight excluding hydrogens is 304 g/mol. The standard InChI is InChI=1S/C15H21BrN2O/c1-2-10-5-3-4-6-14(10)18-15(19)11-7-12(16)9-13(17)8-11/h7-10,14H,2-6,17H2,1H3,(H,18,19). The van der Waals surface area contributed by atoms with E-state index in [2.05, 4.69) is 28.2 Å². The number of carbonyl (C=O) groups is 1. The lowest BCUT2D eigenvalue weighted by Crippen LogP contribution is -2.41. The first-order valence-corrected chi connectivity index (χ1v) is 7.76. The SMILES string of the molecule is CCC1CCCCC1NC(=O)c1cc(N)cc(Br)c1. The van der Waals surface area contributed by atoms with Crippen molar-refractivity contribution in [2.75, 3.05) is 5.73 Å². The van der Waals surface area contributed by atoms with Crippen molar-refractivity contribution in [1.29, 1.82) is 0 Å². The minimum atomic E-state index is -0.0154. The second-order valence-electron chi connectivity index (χ2n) is 5.31. The molecule has 0 radical (unpaired) electrons. The van der Waals surface area contributed by atoms with Gasteiger partial charge in [0.1, 0.15) is 0 Å². The highest BCUT2D eigenvalue weighted by molar-refractivity contribution is 9.10. The Morgan fingerprint density at radius 1 is 1.37 bits per heavy atom. The molecule has 3 N–H and O–H groups in total. The Hall–Kier alpha value is -1.03. The van der Waals surface area contributed by atoms with Crippen molar-refractivity contribution in [2.45, 2.75) is 45.1 Å². The summed E-state index contributed by atoms with van der Waals surface area (Å²) in [7, 11) is 0. The first kappa shape index (κ1) is 14.4. The summed E-state index contributed by atoms with van der Waals surface area (Å²) >= 11 is 3.37. The number of anilines is 1. The van der Waals surface area contributed by atoms with Gasteiger partial charge in [-0.05, 0) is 37.0 Å². The quantitative estimate of drug-likeness (QED) is 0.832. The van der Waals surface area contributed by atoms with Crippen LogP contribution in [0.3, 0.4) is 0 Å². The van der Waals surface area contributed by atoms with Gasteiger partial charge >= 0.3 is 0 Å². The van der Waals surface area contributed by atoms with Gasteiger partial charge in [-0.2, -0.15) is 0 Å². The highest BCUT2D eigenvalue weighted by Gasteiger charge is 2.25. The van der Waals surface area contributed by atoms with Crippen LogP contribution in [0.1, 0.15) is 49.4 Å². The zero-order chi connectivity index (χ0) is 13.8. The molecule has 0 saturated heterocycles. The maximum atomic E-state index is 12.3. The number of nitrogens with one attached hydrogen (secondary N) is 1. The number of benzene rings is 1. The summed E-state index contributed by atoms with van der Waals surface area (Å²) < 4.78 is 0.841. The molecule has 1 aliphatic rings. The van der Waals surface area contributed by atoms with Gasteiger partial charge < -0.3 is 11.1 Å². The molecule has 1 aromatic rings. The monoisotopic (exact) mass is 324 g/mol. The molecule has 0 spiro atoms. The van der Waals surface area contributed by atoms with Crippen LogP contribution in [0.5, 0.6) is 0 Å². The molecular formula is C15H21BrN2O. The molecule has 1 aliphatic carbocycles. The molecule has 1 saturated carbocycles. The third-order valence-corrected chi connectivity index (χ3v) is 4.39. The van der Waals surface area contributed by atoms with Crippen molar-refractivity contribution < 1.29 is 4.79 Å². The van der Waals surface area contributed by atoms with Crippen LogP contribution in [-0.4, -0.2) is 11.9 Å². The van der Waals surface area contributed by atoms with E-state index in [1.165, 1.54) is 19.3 Å². The first-order chi connectivity index (χ1) is 9.10. The van der Waals surface area contributed by atoms with Gasteiger partial charge in [0, 0.05) is 21.8 Å². The largest absolute Gasteiger partial charge is 0.399 e. The Bertz CT molecular complexity index is 441. The van der Waals surface area contributed by atoms with E-state index < -0.39 is 0 Å². The van der Waals surface area contributed by atoms with Crippen LogP contribution in [0.25, 0.3) is 0 Å². The van der Waals surface area contributed by atoms with Crippen molar-refractivity contribution >= 4 is 27.5 Å². The number of rotatable bonds is 3. The Balaban J connectivity index is 2.07. The molecule has 0 heterocycles. The molecule has 104 valence electrons. The van der Waals surface area contributed by atoms with E-state index in [9.17, 15) is 4.79 Å². The molecule has 0 bridgehead atoms. The average molecular weight is 325 g/mol. The third kappa shape index (κ3) is 3.72. The van der Waals surface area contributed by atoms with Crippen LogP contribution in [0.4, 0.5) is 5.69 Å². The fourth-order valence-corrected chi connectivity index (χ4v) is 3.39. The summed E-state index contributed by atoms with van der Waals surface area (Å²) in [6.45, 7) is 2.20. The predicted molar refractivity (Wildman–Crippen MR) is 82.1 cm³/mol. The van der Waals surface area contributed by atoms with E-state index in [4.69, 9.17) is 5.73 Å². The minimum Gasteiger partial charge on any atom is -0.399 e. The molecule has 0 aliphatic heterocycles. The minimum absolute atomic E-state index is 0.0154. The highest BCUT2D eigenvalue weighted by atomic mass is 79.9. The van der Waals surface area contributed by atoms with Gasteiger partial charge in [-0.15, -0.1) is 0 Å².